The Balaban J connectivity index is 1.76. The lowest BCUT2D eigenvalue weighted by Gasteiger charge is -2.17. The summed E-state index contributed by atoms with van der Waals surface area (Å²) in [6, 6.07) is 13.4. The van der Waals surface area contributed by atoms with Crippen LogP contribution in [0.15, 0.2) is 48.5 Å². The highest BCUT2D eigenvalue weighted by atomic mass is 16.5. The van der Waals surface area contributed by atoms with Gasteiger partial charge in [0.15, 0.2) is 0 Å². The average Bonchev–Trinajstić information content (AvgIpc) is 2.99. The van der Waals surface area contributed by atoms with Gasteiger partial charge in [-0.3, -0.25) is 14.5 Å². The Morgan fingerprint density at radius 3 is 2.47 bits per heavy atom. The third-order valence-corrected chi connectivity index (χ3v) is 4.50. The summed E-state index contributed by atoms with van der Waals surface area (Å²) in [5.74, 6) is -1.13. The molecule has 1 saturated heterocycles. The van der Waals surface area contributed by atoms with Crippen molar-refractivity contribution in [2.24, 2.45) is 0 Å². The zero-order valence-corrected chi connectivity index (χ0v) is 16.6. The van der Waals surface area contributed by atoms with Crippen molar-refractivity contribution in [3.05, 3.63) is 59.7 Å². The molecule has 30 heavy (non-hydrogen) atoms. The van der Waals surface area contributed by atoms with Crippen LogP contribution in [0, 0.1) is 0 Å². The molecule has 3 rings (SSSR count). The predicted molar refractivity (Wildman–Crippen MR) is 107 cm³/mol. The number of urea groups is 1. The largest absolute Gasteiger partial charge is 0.487 e. The number of benzene rings is 2. The third kappa shape index (κ3) is 4.75. The lowest BCUT2D eigenvalue weighted by Crippen LogP contribution is -2.36. The van der Waals surface area contributed by atoms with E-state index in [4.69, 9.17) is 9.47 Å². The van der Waals surface area contributed by atoms with E-state index in [0.29, 0.717) is 5.75 Å². The molecule has 0 aromatic heterocycles. The highest BCUT2D eigenvalue weighted by molar-refractivity contribution is 6.04. The van der Waals surface area contributed by atoms with Crippen LogP contribution in [0.2, 0.25) is 0 Å². The number of methoxy groups -OCH3 is 1. The van der Waals surface area contributed by atoms with Crippen molar-refractivity contribution < 1.29 is 28.7 Å². The van der Waals surface area contributed by atoms with Crippen LogP contribution in [0.4, 0.5) is 10.5 Å². The molecule has 2 aromatic carbocycles. The molecule has 1 N–H and O–H groups in total. The molecule has 4 amide bonds. The molecule has 1 aliphatic rings. The smallest absolute Gasteiger partial charge is 0.337 e. The van der Waals surface area contributed by atoms with E-state index >= 15 is 0 Å². The summed E-state index contributed by atoms with van der Waals surface area (Å²) in [5.41, 5.74) is 1.41. The highest BCUT2D eigenvalue weighted by Gasteiger charge is 2.34. The number of carbonyl (C=O) groups is 4. The molecule has 9 nitrogen and oxygen atoms in total. The van der Waals surface area contributed by atoms with Gasteiger partial charge in [0.05, 0.1) is 18.4 Å². The maximum atomic E-state index is 12.5. The average molecular weight is 411 g/mol. The number of nitrogens with one attached hydrogen (secondary N) is 1. The molecular weight excluding hydrogens is 390 g/mol. The normalized spacial score (nSPS) is 13.4. The minimum absolute atomic E-state index is 0.164. The number of nitrogens with zero attached hydrogens (tertiary/aromatic N) is 2. The van der Waals surface area contributed by atoms with Gasteiger partial charge in [0.1, 0.15) is 25.4 Å². The Hall–Kier alpha value is -3.88. The van der Waals surface area contributed by atoms with Gasteiger partial charge in [-0.05, 0) is 23.8 Å². The summed E-state index contributed by atoms with van der Waals surface area (Å²) in [7, 11) is 2.62. The van der Waals surface area contributed by atoms with Gasteiger partial charge in [-0.15, -0.1) is 0 Å². The first-order valence-corrected chi connectivity index (χ1v) is 9.13. The van der Waals surface area contributed by atoms with Gasteiger partial charge >= 0.3 is 12.0 Å². The molecule has 1 fully saturated rings. The number of likely N-dealkylation sites (N-methyl/N-ethyl adjacent to an activating group) is 1. The van der Waals surface area contributed by atoms with Crippen LogP contribution in [0.5, 0.6) is 5.75 Å². The van der Waals surface area contributed by atoms with E-state index in [-0.39, 0.29) is 36.9 Å². The number of ether oxygens (including phenoxy) is 2. The lowest BCUT2D eigenvalue weighted by molar-refractivity contribution is -0.124. The Morgan fingerprint density at radius 1 is 1.10 bits per heavy atom. The van der Waals surface area contributed by atoms with E-state index < -0.39 is 17.9 Å². The van der Waals surface area contributed by atoms with E-state index in [1.54, 1.807) is 6.07 Å². The molecule has 0 radical (unpaired) electrons. The van der Waals surface area contributed by atoms with Crippen molar-refractivity contribution in [2.75, 3.05) is 32.6 Å². The number of anilines is 1. The molecule has 0 spiro atoms. The molecule has 0 unspecified atom stereocenters. The first kappa shape index (κ1) is 20.8. The summed E-state index contributed by atoms with van der Waals surface area (Å²) >= 11 is 0. The SMILES string of the molecule is COC(=O)c1ccc(OCc2ccccc2)c(NC(=O)CN2CC(=O)N(C)C2=O)c1. The zero-order chi connectivity index (χ0) is 21.7. The molecule has 0 atom stereocenters. The van der Waals surface area contributed by atoms with Gasteiger partial charge in [0.2, 0.25) is 11.8 Å². The number of amides is 4. The minimum Gasteiger partial charge on any atom is -0.487 e. The minimum atomic E-state index is -0.568. The van der Waals surface area contributed by atoms with Gasteiger partial charge in [0, 0.05) is 7.05 Å². The number of hydrogen-bond acceptors (Lipinski definition) is 6. The first-order valence-electron chi connectivity index (χ1n) is 9.13. The maximum Gasteiger partial charge on any atom is 0.337 e. The number of rotatable bonds is 7. The van der Waals surface area contributed by atoms with Crippen LogP contribution >= 0.6 is 0 Å². The molecule has 1 aliphatic heterocycles. The maximum absolute atomic E-state index is 12.5. The second-order valence-corrected chi connectivity index (χ2v) is 6.62. The topological polar surface area (TPSA) is 105 Å². The fourth-order valence-corrected chi connectivity index (χ4v) is 2.88. The second kappa shape index (κ2) is 9.08. The summed E-state index contributed by atoms with van der Waals surface area (Å²) in [4.78, 5) is 50.1. The van der Waals surface area contributed by atoms with Crippen molar-refractivity contribution >= 4 is 29.5 Å². The standard InChI is InChI=1S/C21H21N3O6/c1-23-19(26)12-24(21(23)28)11-18(25)22-16-10-15(20(27)29-2)8-9-17(16)30-13-14-6-4-3-5-7-14/h3-10H,11-13H2,1-2H3,(H,22,25). The van der Waals surface area contributed by atoms with Crippen molar-refractivity contribution in [3.8, 4) is 5.75 Å². The summed E-state index contributed by atoms with van der Waals surface area (Å²) in [6.07, 6.45) is 0. The van der Waals surface area contributed by atoms with E-state index in [2.05, 4.69) is 5.32 Å². The van der Waals surface area contributed by atoms with Crippen molar-refractivity contribution in [3.63, 3.8) is 0 Å². The van der Waals surface area contributed by atoms with Crippen LogP contribution in [0.25, 0.3) is 0 Å². The van der Waals surface area contributed by atoms with Crippen LogP contribution in [0.3, 0.4) is 0 Å². The van der Waals surface area contributed by atoms with E-state index in [0.717, 1.165) is 15.4 Å². The van der Waals surface area contributed by atoms with E-state index in [9.17, 15) is 19.2 Å². The summed E-state index contributed by atoms with van der Waals surface area (Å²) in [5, 5.41) is 2.65. The summed E-state index contributed by atoms with van der Waals surface area (Å²) < 4.78 is 10.5. The molecule has 0 aliphatic carbocycles. The van der Waals surface area contributed by atoms with Gasteiger partial charge in [-0.25, -0.2) is 9.59 Å². The Bertz CT molecular complexity index is 976. The van der Waals surface area contributed by atoms with Gasteiger partial charge in [-0.1, -0.05) is 30.3 Å². The van der Waals surface area contributed by atoms with Gasteiger partial charge in [-0.2, -0.15) is 0 Å². The van der Waals surface area contributed by atoms with Crippen molar-refractivity contribution in [1.82, 2.24) is 9.80 Å². The van der Waals surface area contributed by atoms with Crippen LogP contribution < -0.4 is 10.1 Å². The van der Waals surface area contributed by atoms with Gasteiger partial charge in [0.25, 0.3) is 0 Å². The molecule has 0 saturated carbocycles. The first-order chi connectivity index (χ1) is 14.4. The van der Waals surface area contributed by atoms with Gasteiger partial charge < -0.3 is 19.7 Å². The fraction of sp³-hybridized carbons (Fsp3) is 0.238. The molecule has 1 heterocycles. The number of imide groups is 1. The Kier molecular flexibility index (Phi) is 6.31. The van der Waals surface area contributed by atoms with Crippen molar-refractivity contribution in [1.29, 1.82) is 0 Å². The lowest BCUT2D eigenvalue weighted by atomic mass is 10.1. The Labute approximate surface area is 173 Å². The second-order valence-electron chi connectivity index (χ2n) is 6.62. The molecule has 9 heteroatoms. The van der Waals surface area contributed by atoms with Crippen LogP contribution in [-0.4, -0.2) is 60.9 Å². The number of hydrogen-bond donors (Lipinski definition) is 1. The predicted octanol–water partition coefficient (Wildman–Crippen LogP) is 1.88. The number of esters is 1. The highest BCUT2D eigenvalue weighted by Crippen LogP contribution is 2.27. The monoisotopic (exact) mass is 411 g/mol. The quantitative estimate of drug-likeness (QED) is 0.551. The third-order valence-electron chi connectivity index (χ3n) is 4.50. The van der Waals surface area contributed by atoms with Crippen LogP contribution in [0.1, 0.15) is 15.9 Å². The molecule has 156 valence electrons. The molecule has 2 aromatic rings. The molecular formula is C21H21N3O6. The molecule has 0 bridgehead atoms. The van der Waals surface area contributed by atoms with Crippen LogP contribution in [-0.2, 0) is 20.9 Å². The van der Waals surface area contributed by atoms with Crippen molar-refractivity contribution in [2.45, 2.75) is 6.61 Å². The summed E-state index contributed by atoms with van der Waals surface area (Å²) in [6.45, 7) is -0.219. The number of carbonyl (C=O) groups excluding carboxylic acids is 4. The fourth-order valence-electron chi connectivity index (χ4n) is 2.88. The Morgan fingerprint density at radius 2 is 1.83 bits per heavy atom. The van der Waals surface area contributed by atoms with E-state index in [1.807, 2.05) is 30.3 Å². The zero-order valence-electron chi connectivity index (χ0n) is 16.6. The van der Waals surface area contributed by atoms with E-state index in [1.165, 1.54) is 26.3 Å².